The number of carbonyl (C=O) groups is 1. The number of esters is 1. The van der Waals surface area contributed by atoms with E-state index in [2.05, 4.69) is 5.32 Å². The van der Waals surface area contributed by atoms with Gasteiger partial charge in [-0.2, -0.15) is 0 Å². The van der Waals surface area contributed by atoms with Crippen molar-refractivity contribution in [1.82, 2.24) is 0 Å². The van der Waals surface area contributed by atoms with Crippen LogP contribution in [0.2, 0.25) is 0 Å². The molecule has 0 aliphatic carbocycles. The fourth-order valence-electron chi connectivity index (χ4n) is 1.92. The zero-order valence-corrected chi connectivity index (χ0v) is 12.8. The maximum atomic E-state index is 11.8. The van der Waals surface area contributed by atoms with Crippen molar-refractivity contribution in [2.75, 3.05) is 11.9 Å². The van der Waals surface area contributed by atoms with Gasteiger partial charge in [-0.05, 0) is 42.8 Å². The van der Waals surface area contributed by atoms with Gasteiger partial charge in [-0.1, -0.05) is 13.3 Å². The summed E-state index contributed by atoms with van der Waals surface area (Å²) >= 11 is 0. The summed E-state index contributed by atoms with van der Waals surface area (Å²) in [6.07, 6.45) is 1.83. The standard InChI is InChI=1S/C17H18N2O4/c1-2-3-12-23-17(20)13-4-6-14(7-5-13)18-15-8-10-16(11-9-15)19(21)22/h4-11,18H,2-3,12H2,1H3. The van der Waals surface area contributed by atoms with Gasteiger partial charge in [0.1, 0.15) is 0 Å². The second-order valence-corrected chi connectivity index (χ2v) is 5.00. The van der Waals surface area contributed by atoms with Crippen molar-refractivity contribution in [2.24, 2.45) is 0 Å². The molecule has 0 spiro atoms. The van der Waals surface area contributed by atoms with Gasteiger partial charge in [0.25, 0.3) is 5.69 Å². The molecule has 0 unspecified atom stereocenters. The molecule has 0 heterocycles. The number of nitro benzene ring substituents is 1. The highest BCUT2D eigenvalue weighted by atomic mass is 16.6. The third-order valence-corrected chi connectivity index (χ3v) is 3.22. The Hall–Kier alpha value is -2.89. The van der Waals surface area contributed by atoms with Crippen LogP contribution < -0.4 is 5.32 Å². The number of nitrogens with one attached hydrogen (secondary N) is 1. The summed E-state index contributed by atoms with van der Waals surface area (Å²) in [5.41, 5.74) is 2.05. The minimum atomic E-state index is -0.442. The van der Waals surface area contributed by atoms with Crippen LogP contribution in [0.3, 0.4) is 0 Å². The smallest absolute Gasteiger partial charge is 0.338 e. The summed E-state index contributed by atoms with van der Waals surface area (Å²) in [6, 6.07) is 13.0. The first-order valence-corrected chi connectivity index (χ1v) is 7.39. The van der Waals surface area contributed by atoms with E-state index in [0.717, 1.165) is 24.2 Å². The highest BCUT2D eigenvalue weighted by molar-refractivity contribution is 5.89. The Morgan fingerprint density at radius 1 is 1.09 bits per heavy atom. The number of unbranched alkanes of at least 4 members (excludes halogenated alkanes) is 1. The third kappa shape index (κ3) is 4.81. The molecule has 0 radical (unpaired) electrons. The quantitative estimate of drug-likeness (QED) is 0.357. The number of nitrogens with zero attached hydrogens (tertiary/aromatic N) is 1. The van der Waals surface area contributed by atoms with E-state index in [1.165, 1.54) is 12.1 Å². The van der Waals surface area contributed by atoms with Gasteiger partial charge in [0, 0.05) is 23.5 Å². The molecule has 6 nitrogen and oxygen atoms in total. The first-order valence-electron chi connectivity index (χ1n) is 7.39. The number of hydrogen-bond acceptors (Lipinski definition) is 5. The summed E-state index contributed by atoms with van der Waals surface area (Å²) < 4.78 is 5.14. The van der Waals surface area contributed by atoms with Crippen molar-refractivity contribution in [2.45, 2.75) is 19.8 Å². The van der Waals surface area contributed by atoms with E-state index < -0.39 is 4.92 Å². The van der Waals surface area contributed by atoms with Crippen LogP contribution in [0.15, 0.2) is 48.5 Å². The Balaban J connectivity index is 1.96. The summed E-state index contributed by atoms with van der Waals surface area (Å²) in [7, 11) is 0. The lowest BCUT2D eigenvalue weighted by molar-refractivity contribution is -0.384. The van der Waals surface area contributed by atoms with Gasteiger partial charge in [-0.15, -0.1) is 0 Å². The van der Waals surface area contributed by atoms with Crippen LogP contribution in [-0.2, 0) is 4.74 Å². The van der Waals surface area contributed by atoms with Gasteiger partial charge in [0.05, 0.1) is 17.1 Å². The number of rotatable bonds is 7. The molecule has 0 fully saturated rings. The van der Waals surface area contributed by atoms with Gasteiger partial charge >= 0.3 is 5.97 Å². The summed E-state index contributed by atoms with van der Waals surface area (Å²) in [4.78, 5) is 21.9. The summed E-state index contributed by atoms with van der Waals surface area (Å²) in [6.45, 7) is 2.46. The van der Waals surface area contributed by atoms with Gasteiger partial charge in [-0.3, -0.25) is 10.1 Å². The van der Waals surface area contributed by atoms with Crippen molar-refractivity contribution in [1.29, 1.82) is 0 Å². The predicted molar refractivity (Wildman–Crippen MR) is 88.0 cm³/mol. The number of carbonyl (C=O) groups excluding carboxylic acids is 1. The molecular weight excluding hydrogens is 296 g/mol. The lowest BCUT2D eigenvalue weighted by Gasteiger charge is -2.08. The summed E-state index contributed by atoms with van der Waals surface area (Å²) in [5, 5.41) is 13.7. The molecule has 0 saturated carbocycles. The fourth-order valence-corrected chi connectivity index (χ4v) is 1.92. The molecule has 1 N–H and O–H groups in total. The zero-order chi connectivity index (χ0) is 16.7. The van der Waals surface area contributed by atoms with Crippen LogP contribution >= 0.6 is 0 Å². The number of non-ortho nitro benzene ring substituents is 1. The molecule has 0 aromatic heterocycles. The number of nitro groups is 1. The number of benzene rings is 2. The van der Waals surface area contributed by atoms with E-state index >= 15 is 0 Å². The van der Waals surface area contributed by atoms with E-state index in [4.69, 9.17) is 4.74 Å². The first-order chi connectivity index (χ1) is 11.1. The van der Waals surface area contributed by atoms with Crippen molar-refractivity contribution < 1.29 is 14.5 Å². The Labute approximate surface area is 134 Å². The Kier molecular flexibility index (Phi) is 5.68. The normalized spacial score (nSPS) is 10.1. The average molecular weight is 314 g/mol. The van der Waals surface area contributed by atoms with Crippen LogP contribution in [0.1, 0.15) is 30.1 Å². The molecule has 2 rings (SSSR count). The predicted octanol–water partition coefficient (Wildman–Crippen LogP) is 4.30. The molecule has 2 aromatic carbocycles. The zero-order valence-electron chi connectivity index (χ0n) is 12.8. The number of anilines is 2. The van der Waals surface area contributed by atoms with Crippen molar-refractivity contribution in [3.05, 3.63) is 64.2 Å². The molecule has 23 heavy (non-hydrogen) atoms. The largest absolute Gasteiger partial charge is 0.462 e. The molecule has 120 valence electrons. The highest BCUT2D eigenvalue weighted by Gasteiger charge is 2.07. The van der Waals surface area contributed by atoms with Crippen molar-refractivity contribution in [3.63, 3.8) is 0 Å². The molecule has 0 aliphatic heterocycles. The molecule has 0 aliphatic rings. The van der Waals surface area contributed by atoms with E-state index in [1.54, 1.807) is 36.4 Å². The van der Waals surface area contributed by atoms with E-state index in [-0.39, 0.29) is 11.7 Å². The van der Waals surface area contributed by atoms with Gasteiger partial charge in [-0.25, -0.2) is 4.79 Å². The Morgan fingerprint density at radius 2 is 1.65 bits per heavy atom. The minimum absolute atomic E-state index is 0.0423. The Bertz CT molecular complexity index is 666. The van der Waals surface area contributed by atoms with Gasteiger partial charge < -0.3 is 10.1 Å². The van der Waals surface area contributed by atoms with Crippen molar-refractivity contribution >= 4 is 23.0 Å². The second kappa shape index (κ2) is 7.93. The minimum Gasteiger partial charge on any atom is -0.462 e. The second-order valence-electron chi connectivity index (χ2n) is 5.00. The molecule has 0 saturated heterocycles. The van der Waals surface area contributed by atoms with Crippen LogP contribution in [0.4, 0.5) is 17.1 Å². The average Bonchev–Trinajstić information content (AvgIpc) is 2.56. The van der Waals surface area contributed by atoms with Crippen LogP contribution in [-0.4, -0.2) is 17.5 Å². The topological polar surface area (TPSA) is 81.5 Å². The molecule has 6 heteroatoms. The highest BCUT2D eigenvalue weighted by Crippen LogP contribution is 2.20. The van der Waals surface area contributed by atoms with E-state index in [1.807, 2.05) is 6.92 Å². The van der Waals surface area contributed by atoms with E-state index in [0.29, 0.717) is 12.2 Å². The maximum Gasteiger partial charge on any atom is 0.338 e. The molecule has 0 atom stereocenters. The lowest BCUT2D eigenvalue weighted by Crippen LogP contribution is -2.06. The van der Waals surface area contributed by atoms with E-state index in [9.17, 15) is 14.9 Å². The molecular formula is C17H18N2O4. The summed E-state index contributed by atoms with van der Waals surface area (Å²) in [5.74, 6) is -0.333. The number of hydrogen-bond donors (Lipinski definition) is 1. The monoisotopic (exact) mass is 314 g/mol. The third-order valence-electron chi connectivity index (χ3n) is 3.22. The number of ether oxygens (including phenoxy) is 1. The SMILES string of the molecule is CCCCOC(=O)c1ccc(Nc2ccc([N+](=O)[O-])cc2)cc1. The first kappa shape index (κ1) is 16.5. The van der Waals surface area contributed by atoms with Crippen LogP contribution in [0.5, 0.6) is 0 Å². The maximum absolute atomic E-state index is 11.8. The fraction of sp³-hybridized carbons (Fsp3) is 0.235. The molecule has 0 bridgehead atoms. The van der Waals surface area contributed by atoms with Crippen LogP contribution in [0.25, 0.3) is 0 Å². The van der Waals surface area contributed by atoms with Gasteiger partial charge in [0.2, 0.25) is 0 Å². The molecule has 0 amide bonds. The lowest BCUT2D eigenvalue weighted by atomic mass is 10.2. The molecule has 2 aromatic rings. The van der Waals surface area contributed by atoms with Crippen LogP contribution in [0, 0.1) is 10.1 Å². The van der Waals surface area contributed by atoms with Crippen molar-refractivity contribution in [3.8, 4) is 0 Å². The van der Waals surface area contributed by atoms with Gasteiger partial charge in [0.15, 0.2) is 0 Å². The Morgan fingerprint density at radius 3 is 2.17 bits per heavy atom.